The highest BCUT2D eigenvalue weighted by Crippen LogP contribution is 2.34. The molecule has 0 radical (unpaired) electrons. The van der Waals surface area contributed by atoms with Gasteiger partial charge in [0, 0.05) is 11.0 Å². The van der Waals surface area contributed by atoms with Gasteiger partial charge in [-0.15, -0.1) is 0 Å². The SMILES string of the molecule is CN1C[C@H]([N+](=O)[O-])C(c2ccccc2)[C@@H]1COCc1ccccc1. The zero-order chi connectivity index (χ0) is 16.9. The van der Waals surface area contributed by atoms with Crippen molar-refractivity contribution in [3.8, 4) is 0 Å². The molecule has 24 heavy (non-hydrogen) atoms. The Morgan fingerprint density at radius 1 is 1.12 bits per heavy atom. The first-order chi connectivity index (χ1) is 11.7. The summed E-state index contributed by atoms with van der Waals surface area (Å²) in [5.74, 6) is -0.151. The molecule has 3 rings (SSSR count). The van der Waals surface area contributed by atoms with Crippen molar-refractivity contribution < 1.29 is 9.66 Å². The topological polar surface area (TPSA) is 55.6 Å². The van der Waals surface area contributed by atoms with Crippen LogP contribution in [-0.2, 0) is 11.3 Å². The molecule has 1 saturated heterocycles. The van der Waals surface area contributed by atoms with Gasteiger partial charge in [0.05, 0.1) is 25.7 Å². The average molecular weight is 326 g/mol. The highest BCUT2D eigenvalue weighted by atomic mass is 16.6. The second kappa shape index (κ2) is 7.55. The van der Waals surface area contributed by atoms with E-state index in [2.05, 4.69) is 4.90 Å². The number of nitro groups is 1. The Labute approximate surface area is 142 Å². The van der Waals surface area contributed by atoms with E-state index in [1.807, 2.05) is 67.7 Å². The monoisotopic (exact) mass is 326 g/mol. The number of rotatable bonds is 6. The summed E-state index contributed by atoms with van der Waals surface area (Å²) in [4.78, 5) is 13.4. The molecule has 2 aromatic rings. The van der Waals surface area contributed by atoms with E-state index in [0.717, 1.165) is 11.1 Å². The van der Waals surface area contributed by atoms with Crippen LogP contribution < -0.4 is 0 Å². The van der Waals surface area contributed by atoms with Crippen molar-refractivity contribution in [3.05, 3.63) is 81.9 Å². The first-order valence-electron chi connectivity index (χ1n) is 8.17. The Kier molecular flexibility index (Phi) is 5.23. The lowest BCUT2D eigenvalue weighted by atomic mass is 9.89. The van der Waals surface area contributed by atoms with Crippen LogP contribution in [0.25, 0.3) is 0 Å². The van der Waals surface area contributed by atoms with E-state index in [1.54, 1.807) is 0 Å². The first kappa shape index (κ1) is 16.6. The van der Waals surface area contributed by atoms with Crippen LogP contribution in [-0.4, -0.2) is 42.1 Å². The molecule has 0 saturated carbocycles. The van der Waals surface area contributed by atoms with Gasteiger partial charge in [-0.05, 0) is 18.2 Å². The van der Waals surface area contributed by atoms with Crippen molar-refractivity contribution in [1.82, 2.24) is 4.90 Å². The number of benzene rings is 2. The standard InChI is InChI=1S/C19H22N2O3/c1-20-12-17(21(22)23)19(16-10-6-3-7-11-16)18(20)14-24-13-15-8-4-2-5-9-15/h2-11,17-19H,12-14H2,1H3/t17-,18-,19?/m0/s1. The average Bonchev–Trinajstić information content (AvgIpc) is 2.94. The number of likely N-dealkylation sites (tertiary alicyclic amines) is 1. The smallest absolute Gasteiger partial charge is 0.233 e. The third-order valence-electron chi connectivity index (χ3n) is 4.73. The molecular formula is C19H22N2O3. The first-order valence-corrected chi connectivity index (χ1v) is 8.17. The van der Waals surface area contributed by atoms with Crippen molar-refractivity contribution in [2.45, 2.75) is 24.6 Å². The Morgan fingerprint density at radius 2 is 1.75 bits per heavy atom. The van der Waals surface area contributed by atoms with Crippen LogP contribution in [0.4, 0.5) is 0 Å². The summed E-state index contributed by atoms with van der Waals surface area (Å²) in [5, 5.41) is 11.5. The summed E-state index contributed by atoms with van der Waals surface area (Å²) in [7, 11) is 1.94. The fourth-order valence-corrected chi connectivity index (χ4v) is 3.49. The molecule has 3 atom stereocenters. The molecular weight excluding hydrogens is 304 g/mol. The predicted octanol–water partition coefficient (Wildman–Crippen LogP) is 2.95. The van der Waals surface area contributed by atoms with Gasteiger partial charge >= 0.3 is 0 Å². The van der Waals surface area contributed by atoms with Crippen LogP contribution >= 0.6 is 0 Å². The van der Waals surface area contributed by atoms with Crippen LogP contribution in [0.2, 0.25) is 0 Å². The summed E-state index contributed by atoms with van der Waals surface area (Å²) in [6, 6.07) is 19.2. The number of ether oxygens (including phenoxy) is 1. The molecule has 0 bridgehead atoms. The van der Waals surface area contributed by atoms with Gasteiger partial charge in [0.1, 0.15) is 0 Å². The van der Waals surface area contributed by atoms with Crippen LogP contribution in [0, 0.1) is 10.1 Å². The van der Waals surface area contributed by atoms with Crippen molar-refractivity contribution in [2.24, 2.45) is 0 Å². The molecule has 5 heteroatoms. The van der Waals surface area contributed by atoms with E-state index in [9.17, 15) is 10.1 Å². The quantitative estimate of drug-likeness (QED) is 0.605. The van der Waals surface area contributed by atoms with Crippen molar-refractivity contribution in [3.63, 3.8) is 0 Å². The lowest BCUT2D eigenvalue weighted by Crippen LogP contribution is -2.34. The summed E-state index contributed by atoms with van der Waals surface area (Å²) >= 11 is 0. The molecule has 5 nitrogen and oxygen atoms in total. The summed E-state index contributed by atoms with van der Waals surface area (Å²) in [6.07, 6.45) is 0. The van der Waals surface area contributed by atoms with E-state index in [0.29, 0.717) is 19.8 Å². The van der Waals surface area contributed by atoms with Gasteiger partial charge in [-0.25, -0.2) is 0 Å². The lowest BCUT2D eigenvalue weighted by Gasteiger charge is -2.24. The maximum Gasteiger partial charge on any atom is 0.233 e. The van der Waals surface area contributed by atoms with Crippen LogP contribution in [0.3, 0.4) is 0 Å². The number of hydrogen-bond donors (Lipinski definition) is 0. The Morgan fingerprint density at radius 3 is 2.38 bits per heavy atom. The van der Waals surface area contributed by atoms with Gasteiger partial charge in [-0.2, -0.15) is 0 Å². The number of nitrogens with zero attached hydrogens (tertiary/aromatic N) is 2. The van der Waals surface area contributed by atoms with Gasteiger partial charge in [0.15, 0.2) is 0 Å². The molecule has 0 amide bonds. The van der Waals surface area contributed by atoms with Gasteiger partial charge < -0.3 is 4.74 Å². The van der Waals surface area contributed by atoms with Crippen molar-refractivity contribution in [2.75, 3.05) is 20.2 Å². The Balaban J connectivity index is 1.72. The van der Waals surface area contributed by atoms with Crippen LogP contribution in [0.5, 0.6) is 0 Å². The molecule has 2 aromatic carbocycles. The zero-order valence-corrected chi connectivity index (χ0v) is 13.7. The summed E-state index contributed by atoms with van der Waals surface area (Å²) in [6.45, 7) is 1.46. The van der Waals surface area contributed by atoms with Crippen LogP contribution in [0.1, 0.15) is 17.0 Å². The molecule has 1 fully saturated rings. The summed E-state index contributed by atoms with van der Waals surface area (Å²) < 4.78 is 5.89. The Bertz CT molecular complexity index is 663. The molecule has 1 aliphatic rings. The van der Waals surface area contributed by atoms with E-state index in [-0.39, 0.29) is 16.9 Å². The minimum Gasteiger partial charge on any atom is -0.375 e. The maximum absolute atomic E-state index is 11.5. The predicted molar refractivity (Wildman–Crippen MR) is 92.5 cm³/mol. The lowest BCUT2D eigenvalue weighted by molar-refractivity contribution is -0.521. The molecule has 1 unspecified atom stereocenters. The molecule has 0 spiro atoms. The second-order valence-corrected chi connectivity index (χ2v) is 6.30. The Hall–Kier alpha value is -2.24. The normalized spacial score (nSPS) is 24.1. The number of hydrogen-bond acceptors (Lipinski definition) is 4. The zero-order valence-electron chi connectivity index (χ0n) is 13.7. The van der Waals surface area contributed by atoms with Gasteiger partial charge in [-0.3, -0.25) is 15.0 Å². The minimum atomic E-state index is -0.595. The molecule has 0 N–H and O–H groups in total. The van der Waals surface area contributed by atoms with Crippen molar-refractivity contribution in [1.29, 1.82) is 0 Å². The van der Waals surface area contributed by atoms with Gasteiger partial charge in [0.2, 0.25) is 6.04 Å². The van der Waals surface area contributed by atoms with Gasteiger partial charge in [0.25, 0.3) is 0 Å². The fourth-order valence-electron chi connectivity index (χ4n) is 3.49. The third-order valence-corrected chi connectivity index (χ3v) is 4.73. The highest BCUT2D eigenvalue weighted by molar-refractivity contribution is 5.25. The molecule has 0 aromatic heterocycles. The maximum atomic E-state index is 11.5. The van der Waals surface area contributed by atoms with E-state index in [1.165, 1.54) is 0 Å². The third kappa shape index (κ3) is 3.63. The van der Waals surface area contributed by atoms with E-state index in [4.69, 9.17) is 4.74 Å². The minimum absolute atomic E-state index is 0.00603. The second-order valence-electron chi connectivity index (χ2n) is 6.30. The molecule has 1 heterocycles. The van der Waals surface area contributed by atoms with E-state index < -0.39 is 6.04 Å². The summed E-state index contributed by atoms with van der Waals surface area (Å²) in [5.41, 5.74) is 2.12. The van der Waals surface area contributed by atoms with E-state index >= 15 is 0 Å². The van der Waals surface area contributed by atoms with Crippen molar-refractivity contribution >= 4 is 0 Å². The molecule has 126 valence electrons. The molecule has 0 aliphatic carbocycles. The number of likely N-dealkylation sites (N-methyl/N-ethyl adjacent to an activating group) is 1. The molecule has 1 aliphatic heterocycles. The van der Waals surface area contributed by atoms with Crippen LogP contribution in [0.15, 0.2) is 60.7 Å². The largest absolute Gasteiger partial charge is 0.375 e. The fraction of sp³-hybridized carbons (Fsp3) is 0.368. The van der Waals surface area contributed by atoms with Gasteiger partial charge in [-0.1, -0.05) is 60.7 Å². The highest BCUT2D eigenvalue weighted by Gasteiger charge is 2.47.